The number of benzene rings is 1. The van der Waals surface area contributed by atoms with E-state index >= 15 is 0 Å². The van der Waals surface area contributed by atoms with Crippen molar-refractivity contribution in [3.63, 3.8) is 0 Å². The number of halogens is 1. The molecule has 0 radical (unpaired) electrons. The average molecular weight is 514 g/mol. The number of thiophene rings is 1. The molecule has 3 heterocycles. The first-order valence-electron chi connectivity index (χ1n) is 10.6. The molecule has 2 saturated heterocycles. The first kappa shape index (κ1) is 23.9. The van der Waals surface area contributed by atoms with Gasteiger partial charge in [-0.2, -0.15) is 4.72 Å². The Balaban J connectivity index is 1.44. The maximum Gasteiger partial charge on any atom is 0.328 e. The number of esters is 1. The van der Waals surface area contributed by atoms with Crippen molar-refractivity contribution in [3.8, 4) is 0 Å². The minimum Gasteiger partial charge on any atom is -0.467 e. The van der Waals surface area contributed by atoms with Crippen molar-refractivity contribution in [2.45, 2.75) is 42.0 Å². The van der Waals surface area contributed by atoms with Crippen LogP contribution in [0.5, 0.6) is 0 Å². The van der Waals surface area contributed by atoms with E-state index in [9.17, 15) is 22.8 Å². The number of hydrogen-bond acceptors (Lipinski definition) is 7. The van der Waals surface area contributed by atoms with Crippen LogP contribution in [0.1, 0.15) is 25.7 Å². The molecule has 9 nitrogen and oxygen atoms in total. The van der Waals surface area contributed by atoms with Crippen molar-refractivity contribution >= 4 is 60.8 Å². The number of carbonyl (C=O) groups is 3. The summed E-state index contributed by atoms with van der Waals surface area (Å²) in [7, 11) is -2.66. The molecule has 0 bridgehead atoms. The average Bonchev–Trinajstić information content (AvgIpc) is 3.43. The Hall–Kier alpha value is -2.21. The second kappa shape index (κ2) is 9.57. The standard InChI is InChI=1S/C21H24ClN3O6S2/c1-31-21(28)16-5-3-9-25(16)18(26)12-24-8-2-4-15(20(24)27)23-33(29,30)19-11-13-10-14(22)6-7-17(13)32-19/h6-7,10-11,15-16,23H,2-5,8-9,12H2,1H3. The molecule has 2 amide bonds. The summed E-state index contributed by atoms with van der Waals surface area (Å²) in [6, 6.07) is 5.06. The lowest BCUT2D eigenvalue weighted by atomic mass is 10.1. The van der Waals surface area contributed by atoms with Crippen LogP contribution in [0, 0.1) is 0 Å². The topological polar surface area (TPSA) is 113 Å². The zero-order chi connectivity index (χ0) is 23.8. The number of nitrogens with one attached hydrogen (secondary N) is 1. The third-order valence-corrected chi connectivity index (χ3v) is 9.22. The number of piperidine rings is 1. The summed E-state index contributed by atoms with van der Waals surface area (Å²) in [6.45, 7) is 0.569. The molecular weight excluding hydrogens is 490 g/mol. The van der Waals surface area contributed by atoms with Crippen molar-refractivity contribution < 1.29 is 27.5 Å². The van der Waals surface area contributed by atoms with E-state index in [1.54, 1.807) is 18.2 Å². The smallest absolute Gasteiger partial charge is 0.328 e. The SMILES string of the molecule is COC(=O)C1CCCN1C(=O)CN1CCCC(NS(=O)(=O)c2cc3cc(Cl)ccc3s2)C1=O. The zero-order valence-corrected chi connectivity index (χ0v) is 20.3. The second-order valence-electron chi connectivity index (χ2n) is 8.09. The highest BCUT2D eigenvalue weighted by atomic mass is 35.5. The number of likely N-dealkylation sites (tertiary alicyclic amines) is 2. The summed E-state index contributed by atoms with van der Waals surface area (Å²) in [4.78, 5) is 40.5. The van der Waals surface area contributed by atoms with E-state index in [1.807, 2.05) is 0 Å². The molecule has 12 heteroatoms. The number of sulfonamides is 1. The molecule has 2 aliphatic rings. The molecule has 2 unspecified atom stereocenters. The number of amides is 2. The maximum absolute atomic E-state index is 13.0. The van der Waals surface area contributed by atoms with E-state index in [0.717, 1.165) is 16.0 Å². The fraction of sp³-hybridized carbons (Fsp3) is 0.476. The van der Waals surface area contributed by atoms with Gasteiger partial charge in [-0.15, -0.1) is 11.3 Å². The lowest BCUT2D eigenvalue weighted by molar-refractivity contribution is -0.152. The third-order valence-electron chi connectivity index (χ3n) is 5.92. The van der Waals surface area contributed by atoms with Crippen LogP contribution in [0.15, 0.2) is 28.5 Å². The fourth-order valence-corrected chi connectivity index (χ4v) is 7.07. The Morgan fingerprint density at radius 1 is 1.21 bits per heavy atom. The van der Waals surface area contributed by atoms with Gasteiger partial charge in [0.25, 0.3) is 10.0 Å². The molecule has 2 fully saturated rings. The van der Waals surface area contributed by atoms with Crippen LogP contribution < -0.4 is 4.72 Å². The van der Waals surface area contributed by atoms with Crippen molar-refractivity contribution in [1.82, 2.24) is 14.5 Å². The van der Waals surface area contributed by atoms with E-state index in [1.165, 1.54) is 23.0 Å². The summed E-state index contributed by atoms with van der Waals surface area (Å²) < 4.78 is 34.1. The predicted molar refractivity (Wildman–Crippen MR) is 124 cm³/mol. The van der Waals surface area contributed by atoms with E-state index in [0.29, 0.717) is 49.2 Å². The first-order valence-corrected chi connectivity index (χ1v) is 13.2. The Morgan fingerprint density at radius 2 is 1.97 bits per heavy atom. The van der Waals surface area contributed by atoms with Crippen LogP contribution in [-0.2, 0) is 29.1 Å². The Bertz CT molecular complexity index is 1200. The molecule has 2 aromatic rings. The highest BCUT2D eigenvalue weighted by Crippen LogP contribution is 2.31. The van der Waals surface area contributed by atoms with Crippen molar-refractivity contribution in [2.75, 3.05) is 26.7 Å². The van der Waals surface area contributed by atoms with Gasteiger partial charge in [-0.1, -0.05) is 11.6 Å². The summed E-state index contributed by atoms with van der Waals surface area (Å²) >= 11 is 7.09. The van der Waals surface area contributed by atoms with E-state index < -0.39 is 34.0 Å². The molecular formula is C21H24ClN3O6S2. The molecule has 1 N–H and O–H groups in total. The fourth-order valence-electron chi connectivity index (χ4n) is 4.27. The van der Waals surface area contributed by atoms with Crippen LogP contribution in [0.4, 0.5) is 0 Å². The maximum atomic E-state index is 13.0. The number of hydrogen-bond donors (Lipinski definition) is 1. The van der Waals surface area contributed by atoms with Gasteiger partial charge in [-0.25, -0.2) is 13.2 Å². The molecule has 2 aliphatic heterocycles. The van der Waals surface area contributed by atoms with Gasteiger partial charge in [-0.3, -0.25) is 9.59 Å². The summed E-state index contributed by atoms with van der Waals surface area (Å²) in [5.74, 6) is -1.27. The van der Waals surface area contributed by atoms with Crippen molar-refractivity contribution in [1.29, 1.82) is 0 Å². The number of fused-ring (bicyclic) bond motifs is 1. The molecule has 33 heavy (non-hydrogen) atoms. The van der Waals surface area contributed by atoms with Gasteiger partial charge in [0, 0.05) is 22.8 Å². The number of methoxy groups -OCH3 is 1. The van der Waals surface area contributed by atoms with Gasteiger partial charge >= 0.3 is 5.97 Å². The largest absolute Gasteiger partial charge is 0.467 e. The normalized spacial score (nSPS) is 21.6. The monoisotopic (exact) mass is 513 g/mol. The molecule has 2 atom stereocenters. The van der Waals surface area contributed by atoms with Crippen LogP contribution in [-0.4, -0.2) is 74.8 Å². The van der Waals surface area contributed by atoms with Crippen LogP contribution >= 0.6 is 22.9 Å². The van der Waals surface area contributed by atoms with Gasteiger partial charge in [-0.05, 0) is 55.3 Å². The second-order valence-corrected chi connectivity index (χ2v) is 11.6. The minimum absolute atomic E-state index is 0.0961. The zero-order valence-electron chi connectivity index (χ0n) is 18.0. The Labute approximate surface area is 200 Å². The van der Waals surface area contributed by atoms with E-state index in [4.69, 9.17) is 16.3 Å². The van der Waals surface area contributed by atoms with Gasteiger partial charge in [0.15, 0.2) is 0 Å². The highest BCUT2D eigenvalue weighted by molar-refractivity contribution is 7.91. The van der Waals surface area contributed by atoms with Crippen LogP contribution in [0.25, 0.3) is 10.1 Å². The highest BCUT2D eigenvalue weighted by Gasteiger charge is 2.38. The molecule has 178 valence electrons. The molecule has 4 rings (SSSR count). The lowest BCUT2D eigenvalue weighted by Crippen LogP contribution is -2.55. The van der Waals surface area contributed by atoms with Gasteiger partial charge in [0.2, 0.25) is 11.8 Å². The molecule has 1 aromatic heterocycles. The Kier molecular flexibility index (Phi) is 6.94. The van der Waals surface area contributed by atoms with E-state index in [-0.39, 0.29) is 16.7 Å². The molecule has 0 saturated carbocycles. The molecule has 1 aromatic carbocycles. The van der Waals surface area contributed by atoms with Crippen molar-refractivity contribution in [2.24, 2.45) is 0 Å². The minimum atomic E-state index is -3.94. The van der Waals surface area contributed by atoms with Gasteiger partial charge in [0.1, 0.15) is 16.3 Å². The number of rotatable bonds is 6. The van der Waals surface area contributed by atoms with E-state index in [2.05, 4.69) is 4.72 Å². The van der Waals surface area contributed by atoms with Gasteiger partial charge in [0.05, 0.1) is 13.7 Å². The quantitative estimate of drug-likeness (QED) is 0.591. The number of nitrogens with zero attached hydrogens (tertiary/aromatic N) is 2. The number of ether oxygens (including phenoxy) is 1. The predicted octanol–water partition coefficient (Wildman–Crippen LogP) is 1.99. The first-order chi connectivity index (χ1) is 15.7. The summed E-state index contributed by atoms with van der Waals surface area (Å²) in [5.41, 5.74) is 0. The van der Waals surface area contributed by atoms with Crippen LogP contribution in [0.2, 0.25) is 5.02 Å². The lowest BCUT2D eigenvalue weighted by Gasteiger charge is -2.33. The number of carbonyl (C=O) groups excluding carboxylic acids is 3. The molecule has 0 spiro atoms. The van der Waals surface area contributed by atoms with Crippen LogP contribution in [0.3, 0.4) is 0 Å². The Morgan fingerprint density at radius 3 is 2.73 bits per heavy atom. The van der Waals surface area contributed by atoms with Crippen molar-refractivity contribution in [3.05, 3.63) is 29.3 Å². The summed E-state index contributed by atoms with van der Waals surface area (Å²) in [6.07, 6.45) is 2.10. The molecule has 0 aliphatic carbocycles. The summed E-state index contributed by atoms with van der Waals surface area (Å²) in [5, 5.41) is 1.22. The van der Waals surface area contributed by atoms with Gasteiger partial charge < -0.3 is 14.5 Å². The third kappa shape index (κ3) is 5.01.